The molecule has 54 valence electrons. The number of benzene rings is 1. The van der Waals surface area contributed by atoms with Gasteiger partial charge in [-0.15, -0.1) is 0 Å². The SMILES string of the molecule is [B]c1ccc([N+](=O)[O-])cc1N. The van der Waals surface area contributed by atoms with Crippen LogP contribution in [0.2, 0.25) is 0 Å². The second-order valence-corrected chi connectivity index (χ2v) is 2.07. The molecule has 0 aromatic heterocycles. The lowest BCUT2D eigenvalue weighted by atomic mass is 9.94. The Morgan fingerprint density at radius 1 is 1.55 bits per heavy atom. The second-order valence-electron chi connectivity index (χ2n) is 2.07. The summed E-state index contributed by atoms with van der Waals surface area (Å²) < 4.78 is 0. The fourth-order valence-corrected chi connectivity index (χ4v) is 0.676. The number of nitrogens with zero attached hydrogens (tertiary/aromatic N) is 1. The van der Waals surface area contributed by atoms with Crippen molar-refractivity contribution in [2.75, 3.05) is 5.73 Å². The average molecular weight is 148 g/mol. The van der Waals surface area contributed by atoms with Gasteiger partial charge in [-0.3, -0.25) is 10.1 Å². The number of anilines is 1. The van der Waals surface area contributed by atoms with Gasteiger partial charge in [-0.2, -0.15) is 0 Å². The van der Waals surface area contributed by atoms with Crippen molar-refractivity contribution in [3.8, 4) is 0 Å². The lowest BCUT2D eigenvalue weighted by molar-refractivity contribution is -0.384. The number of hydrogen-bond donors (Lipinski definition) is 1. The molecular weight excluding hydrogens is 143 g/mol. The fraction of sp³-hybridized carbons (Fsp3) is 0. The van der Waals surface area contributed by atoms with E-state index in [0.717, 1.165) is 0 Å². The number of rotatable bonds is 1. The van der Waals surface area contributed by atoms with Gasteiger partial charge in [0.15, 0.2) is 0 Å². The van der Waals surface area contributed by atoms with E-state index in [1.54, 1.807) is 0 Å². The zero-order valence-corrected chi connectivity index (χ0v) is 5.65. The smallest absolute Gasteiger partial charge is 0.271 e. The highest BCUT2D eigenvalue weighted by molar-refractivity contribution is 6.35. The number of non-ortho nitro benzene ring substituents is 1. The highest BCUT2D eigenvalue weighted by Crippen LogP contribution is 2.11. The fourth-order valence-electron chi connectivity index (χ4n) is 0.676. The van der Waals surface area contributed by atoms with Gasteiger partial charge in [-0.1, -0.05) is 11.5 Å². The second kappa shape index (κ2) is 2.61. The Morgan fingerprint density at radius 3 is 2.64 bits per heavy atom. The molecule has 0 heterocycles. The van der Waals surface area contributed by atoms with E-state index in [1.807, 2.05) is 0 Å². The van der Waals surface area contributed by atoms with Gasteiger partial charge in [0.1, 0.15) is 7.85 Å². The maximum Gasteiger partial charge on any atom is 0.271 e. The third-order valence-corrected chi connectivity index (χ3v) is 1.28. The standard InChI is InChI=1S/C6H5BN2O2/c7-5-2-1-4(9(10)11)3-6(5)8/h1-3H,8H2. The number of nitro benzene ring substituents is 1. The molecule has 0 amide bonds. The van der Waals surface area contributed by atoms with Gasteiger partial charge in [-0.25, -0.2) is 0 Å². The predicted octanol–water partition coefficient (Wildman–Crippen LogP) is -0.0292. The van der Waals surface area contributed by atoms with E-state index in [-0.39, 0.29) is 11.4 Å². The Balaban J connectivity index is 3.15. The van der Waals surface area contributed by atoms with Crippen LogP contribution in [0.4, 0.5) is 11.4 Å². The molecule has 0 spiro atoms. The van der Waals surface area contributed by atoms with Crippen molar-refractivity contribution in [2.45, 2.75) is 0 Å². The van der Waals surface area contributed by atoms with Crippen LogP contribution in [-0.2, 0) is 0 Å². The summed E-state index contributed by atoms with van der Waals surface area (Å²) in [6, 6.07) is 3.95. The molecule has 0 atom stereocenters. The van der Waals surface area contributed by atoms with Crippen LogP contribution in [0.3, 0.4) is 0 Å². The molecule has 2 N–H and O–H groups in total. The molecule has 0 unspecified atom stereocenters. The van der Waals surface area contributed by atoms with E-state index >= 15 is 0 Å². The lowest BCUT2D eigenvalue weighted by Gasteiger charge is -1.97. The summed E-state index contributed by atoms with van der Waals surface area (Å²) in [5, 5.41) is 10.2. The molecule has 2 radical (unpaired) electrons. The van der Waals surface area contributed by atoms with Gasteiger partial charge in [0, 0.05) is 17.8 Å². The first-order valence-corrected chi connectivity index (χ1v) is 2.90. The molecule has 0 aliphatic rings. The quantitative estimate of drug-likeness (QED) is 0.263. The first kappa shape index (κ1) is 7.59. The van der Waals surface area contributed by atoms with Gasteiger partial charge in [0.25, 0.3) is 5.69 Å². The monoisotopic (exact) mass is 148 g/mol. The van der Waals surface area contributed by atoms with Crippen molar-refractivity contribution in [2.24, 2.45) is 0 Å². The molecule has 11 heavy (non-hydrogen) atoms. The third-order valence-electron chi connectivity index (χ3n) is 1.28. The highest BCUT2D eigenvalue weighted by atomic mass is 16.6. The highest BCUT2D eigenvalue weighted by Gasteiger charge is 2.04. The van der Waals surface area contributed by atoms with Crippen LogP contribution >= 0.6 is 0 Å². The zero-order valence-electron chi connectivity index (χ0n) is 5.65. The van der Waals surface area contributed by atoms with Gasteiger partial charge < -0.3 is 5.73 Å². The van der Waals surface area contributed by atoms with E-state index in [0.29, 0.717) is 5.46 Å². The van der Waals surface area contributed by atoms with Crippen LogP contribution < -0.4 is 11.2 Å². The van der Waals surface area contributed by atoms with E-state index in [4.69, 9.17) is 13.6 Å². The topological polar surface area (TPSA) is 69.2 Å². The minimum Gasteiger partial charge on any atom is -0.399 e. The number of nitrogen functional groups attached to an aromatic ring is 1. The van der Waals surface area contributed by atoms with Crippen LogP contribution in [0.15, 0.2) is 18.2 Å². The van der Waals surface area contributed by atoms with E-state index in [1.165, 1.54) is 18.2 Å². The van der Waals surface area contributed by atoms with Crippen LogP contribution in [0.1, 0.15) is 0 Å². The van der Waals surface area contributed by atoms with Crippen molar-refractivity contribution in [3.63, 3.8) is 0 Å². The molecule has 4 nitrogen and oxygen atoms in total. The molecule has 0 aliphatic carbocycles. The summed E-state index contributed by atoms with van der Waals surface area (Å²) in [7, 11) is 5.34. The molecule has 5 heteroatoms. The molecule has 0 saturated heterocycles. The summed E-state index contributed by atoms with van der Waals surface area (Å²) in [4.78, 5) is 9.66. The summed E-state index contributed by atoms with van der Waals surface area (Å²) in [6.45, 7) is 0. The van der Waals surface area contributed by atoms with Crippen LogP contribution in [0.25, 0.3) is 0 Å². The Kier molecular flexibility index (Phi) is 1.80. The third kappa shape index (κ3) is 1.49. The molecule has 0 saturated carbocycles. The molecule has 1 rings (SSSR count). The van der Waals surface area contributed by atoms with E-state index in [9.17, 15) is 10.1 Å². The lowest BCUT2D eigenvalue weighted by Crippen LogP contribution is -2.09. The zero-order chi connectivity index (χ0) is 8.43. The van der Waals surface area contributed by atoms with Gasteiger partial charge in [-0.05, 0) is 0 Å². The summed E-state index contributed by atoms with van der Waals surface area (Å²) in [5.74, 6) is 0. The van der Waals surface area contributed by atoms with Crippen molar-refractivity contribution in [3.05, 3.63) is 28.3 Å². The normalized spacial score (nSPS) is 9.45. The van der Waals surface area contributed by atoms with Crippen molar-refractivity contribution < 1.29 is 4.92 Å². The minimum absolute atomic E-state index is 0.0447. The molecule has 0 fully saturated rings. The number of nitrogens with two attached hydrogens (primary N) is 1. The first-order valence-electron chi connectivity index (χ1n) is 2.90. The number of hydrogen-bond acceptors (Lipinski definition) is 3. The summed E-state index contributed by atoms with van der Waals surface area (Å²) >= 11 is 0. The van der Waals surface area contributed by atoms with Crippen LogP contribution in [-0.4, -0.2) is 12.8 Å². The van der Waals surface area contributed by atoms with Crippen molar-refractivity contribution in [1.82, 2.24) is 0 Å². The summed E-state index contributed by atoms with van der Waals surface area (Å²) in [5.41, 5.74) is 5.88. The summed E-state index contributed by atoms with van der Waals surface area (Å²) in [6.07, 6.45) is 0. The van der Waals surface area contributed by atoms with Crippen LogP contribution in [0.5, 0.6) is 0 Å². The average Bonchev–Trinajstić information content (AvgIpc) is 1.94. The molecule has 1 aromatic rings. The van der Waals surface area contributed by atoms with E-state index in [2.05, 4.69) is 0 Å². The number of nitro groups is 1. The van der Waals surface area contributed by atoms with Crippen molar-refractivity contribution >= 4 is 24.7 Å². The minimum atomic E-state index is -0.518. The van der Waals surface area contributed by atoms with Gasteiger partial charge in [0.05, 0.1) is 4.92 Å². The Bertz CT molecular complexity index is 301. The molecular formula is C6H5BN2O2. The van der Waals surface area contributed by atoms with Gasteiger partial charge in [0.2, 0.25) is 0 Å². The van der Waals surface area contributed by atoms with E-state index < -0.39 is 4.92 Å². The first-order chi connectivity index (χ1) is 5.11. The van der Waals surface area contributed by atoms with Gasteiger partial charge >= 0.3 is 0 Å². The van der Waals surface area contributed by atoms with Crippen molar-refractivity contribution in [1.29, 1.82) is 0 Å². The Hall–Kier alpha value is -1.52. The maximum atomic E-state index is 10.2. The molecule has 1 aromatic carbocycles. The largest absolute Gasteiger partial charge is 0.399 e. The Morgan fingerprint density at radius 2 is 2.18 bits per heavy atom. The molecule has 0 aliphatic heterocycles. The maximum absolute atomic E-state index is 10.2. The van der Waals surface area contributed by atoms with Crippen LogP contribution in [0, 0.1) is 10.1 Å². The molecule has 0 bridgehead atoms. The predicted molar refractivity (Wildman–Crippen MR) is 42.9 cm³/mol. The Labute approximate surface area is 64.6 Å².